The van der Waals surface area contributed by atoms with Crippen LogP contribution in [0.2, 0.25) is 0 Å². The average Bonchev–Trinajstić information content (AvgIpc) is 2.39. The van der Waals surface area contributed by atoms with Crippen LogP contribution in [0, 0.1) is 0 Å². The van der Waals surface area contributed by atoms with Crippen molar-refractivity contribution in [3.05, 3.63) is 30.1 Å². The zero-order chi connectivity index (χ0) is 14.1. The first-order chi connectivity index (χ1) is 9.09. The average molecular weight is 265 g/mol. The fraction of sp³-hybridized carbons (Fsp3) is 0.462. The number of hydrogen-bond donors (Lipinski definition) is 3. The fourth-order valence-corrected chi connectivity index (χ4v) is 1.57. The van der Waals surface area contributed by atoms with E-state index in [0.717, 1.165) is 5.56 Å². The number of nitrogens with one attached hydrogen (secondary N) is 2. The first kappa shape index (κ1) is 14.9. The Labute approximate surface area is 112 Å². The van der Waals surface area contributed by atoms with E-state index in [-0.39, 0.29) is 18.5 Å². The third-order valence-electron chi connectivity index (χ3n) is 2.63. The number of carboxylic acids is 1. The lowest BCUT2D eigenvalue weighted by Crippen LogP contribution is -2.37. The molecule has 0 saturated carbocycles. The third-order valence-corrected chi connectivity index (χ3v) is 2.63. The number of carboxylic acid groups (broad SMARTS) is 1. The minimum Gasteiger partial charge on any atom is -0.481 e. The lowest BCUT2D eigenvalue weighted by molar-refractivity contribution is -0.137. The second-order valence-corrected chi connectivity index (χ2v) is 4.26. The van der Waals surface area contributed by atoms with E-state index >= 15 is 0 Å². The van der Waals surface area contributed by atoms with E-state index in [1.54, 1.807) is 12.4 Å². The molecule has 0 radical (unpaired) electrons. The molecule has 1 atom stereocenters. The third kappa shape index (κ3) is 6.40. The summed E-state index contributed by atoms with van der Waals surface area (Å²) in [7, 11) is 0. The molecule has 0 bridgehead atoms. The zero-order valence-corrected chi connectivity index (χ0v) is 10.9. The second-order valence-electron chi connectivity index (χ2n) is 4.26. The molecule has 1 aromatic rings. The molecular formula is C13H19N3O3. The Balaban J connectivity index is 2.19. The van der Waals surface area contributed by atoms with Crippen molar-refractivity contribution in [1.82, 2.24) is 15.6 Å². The number of carbonyl (C=O) groups is 2. The minimum absolute atomic E-state index is 0.118. The molecule has 0 spiro atoms. The Bertz CT molecular complexity index is 409. The van der Waals surface area contributed by atoms with Gasteiger partial charge in [0.1, 0.15) is 0 Å². The quantitative estimate of drug-likeness (QED) is 0.654. The van der Waals surface area contributed by atoms with Crippen LogP contribution >= 0.6 is 0 Å². The Morgan fingerprint density at radius 1 is 1.42 bits per heavy atom. The number of hydrogen-bond acceptors (Lipinski definition) is 3. The lowest BCUT2D eigenvalue weighted by Gasteiger charge is -2.14. The van der Waals surface area contributed by atoms with E-state index in [9.17, 15) is 9.59 Å². The topological polar surface area (TPSA) is 91.3 Å². The molecule has 0 aromatic carbocycles. The van der Waals surface area contributed by atoms with Crippen LogP contribution in [0.15, 0.2) is 24.5 Å². The van der Waals surface area contributed by atoms with Gasteiger partial charge >= 0.3 is 12.0 Å². The summed E-state index contributed by atoms with van der Waals surface area (Å²) in [4.78, 5) is 25.8. The summed E-state index contributed by atoms with van der Waals surface area (Å²) < 4.78 is 0. The van der Waals surface area contributed by atoms with Gasteiger partial charge in [0.05, 0.1) is 6.04 Å². The van der Waals surface area contributed by atoms with Crippen molar-refractivity contribution < 1.29 is 14.7 Å². The number of unbranched alkanes of at least 4 members (excludes halogenated alkanes) is 1. The first-order valence-electron chi connectivity index (χ1n) is 6.25. The van der Waals surface area contributed by atoms with E-state index < -0.39 is 5.97 Å². The van der Waals surface area contributed by atoms with Gasteiger partial charge in [0, 0.05) is 25.4 Å². The smallest absolute Gasteiger partial charge is 0.315 e. The summed E-state index contributed by atoms with van der Waals surface area (Å²) in [6, 6.07) is 3.33. The molecule has 2 amide bonds. The van der Waals surface area contributed by atoms with Gasteiger partial charge in [-0.3, -0.25) is 9.78 Å². The molecule has 3 N–H and O–H groups in total. The zero-order valence-electron chi connectivity index (χ0n) is 10.9. The predicted molar refractivity (Wildman–Crippen MR) is 70.7 cm³/mol. The highest BCUT2D eigenvalue weighted by atomic mass is 16.4. The van der Waals surface area contributed by atoms with Gasteiger partial charge in [0.25, 0.3) is 0 Å². The van der Waals surface area contributed by atoms with Gasteiger partial charge in [-0.25, -0.2) is 4.79 Å². The van der Waals surface area contributed by atoms with Gasteiger partial charge in [-0.05, 0) is 31.4 Å². The highest BCUT2D eigenvalue weighted by Crippen LogP contribution is 2.09. The molecule has 0 aliphatic rings. The predicted octanol–water partition coefficient (Wildman–Crippen LogP) is 1.70. The van der Waals surface area contributed by atoms with Gasteiger partial charge in [0.2, 0.25) is 0 Å². The van der Waals surface area contributed by atoms with Crippen molar-refractivity contribution >= 4 is 12.0 Å². The largest absolute Gasteiger partial charge is 0.481 e. The fourth-order valence-electron chi connectivity index (χ4n) is 1.57. The highest BCUT2D eigenvalue weighted by Gasteiger charge is 2.08. The van der Waals surface area contributed by atoms with Gasteiger partial charge in [-0.1, -0.05) is 6.07 Å². The second kappa shape index (κ2) is 8.07. The number of pyridine rings is 1. The number of rotatable bonds is 7. The summed E-state index contributed by atoms with van der Waals surface area (Å²) in [6.07, 6.45) is 4.74. The highest BCUT2D eigenvalue weighted by molar-refractivity contribution is 5.74. The summed E-state index contributed by atoms with van der Waals surface area (Å²) in [5.74, 6) is -0.811. The van der Waals surface area contributed by atoms with E-state index in [1.165, 1.54) is 0 Å². The summed E-state index contributed by atoms with van der Waals surface area (Å²) in [5, 5.41) is 13.9. The Morgan fingerprint density at radius 2 is 2.21 bits per heavy atom. The molecule has 6 heteroatoms. The molecule has 0 fully saturated rings. The van der Waals surface area contributed by atoms with Crippen LogP contribution < -0.4 is 10.6 Å². The van der Waals surface area contributed by atoms with Crippen LogP contribution in [0.25, 0.3) is 0 Å². The van der Waals surface area contributed by atoms with Gasteiger partial charge in [0.15, 0.2) is 0 Å². The Morgan fingerprint density at radius 3 is 2.84 bits per heavy atom. The van der Waals surface area contributed by atoms with Crippen molar-refractivity contribution in [2.45, 2.75) is 32.2 Å². The molecule has 1 rings (SSSR count). The van der Waals surface area contributed by atoms with Crippen molar-refractivity contribution in [3.63, 3.8) is 0 Å². The van der Waals surface area contributed by atoms with Crippen molar-refractivity contribution in [2.75, 3.05) is 6.54 Å². The first-order valence-corrected chi connectivity index (χ1v) is 6.25. The number of urea groups is 1. The Kier molecular flexibility index (Phi) is 6.35. The summed E-state index contributed by atoms with van der Waals surface area (Å²) >= 11 is 0. The van der Waals surface area contributed by atoms with Crippen LogP contribution in [0.5, 0.6) is 0 Å². The molecular weight excluding hydrogens is 246 g/mol. The van der Waals surface area contributed by atoms with Crippen LogP contribution in [0.1, 0.15) is 37.8 Å². The van der Waals surface area contributed by atoms with E-state index in [2.05, 4.69) is 15.6 Å². The minimum atomic E-state index is -0.811. The normalized spacial score (nSPS) is 11.6. The number of amides is 2. The van der Waals surface area contributed by atoms with E-state index in [4.69, 9.17) is 5.11 Å². The van der Waals surface area contributed by atoms with E-state index in [0.29, 0.717) is 19.4 Å². The maximum absolute atomic E-state index is 11.6. The maximum Gasteiger partial charge on any atom is 0.315 e. The van der Waals surface area contributed by atoms with Crippen molar-refractivity contribution in [1.29, 1.82) is 0 Å². The number of carbonyl (C=O) groups excluding carboxylic acids is 1. The molecule has 0 saturated heterocycles. The molecule has 0 aliphatic heterocycles. The summed E-state index contributed by atoms with van der Waals surface area (Å²) in [5.41, 5.74) is 0.934. The molecule has 1 aromatic heterocycles. The van der Waals surface area contributed by atoms with Crippen molar-refractivity contribution in [3.8, 4) is 0 Å². The molecule has 0 aliphatic carbocycles. The molecule has 6 nitrogen and oxygen atoms in total. The molecule has 104 valence electrons. The molecule has 19 heavy (non-hydrogen) atoms. The number of aliphatic carboxylic acids is 1. The summed E-state index contributed by atoms with van der Waals surface area (Å²) in [6.45, 7) is 2.35. The lowest BCUT2D eigenvalue weighted by atomic mass is 10.1. The monoisotopic (exact) mass is 265 g/mol. The number of nitrogens with zero attached hydrogens (tertiary/aromatic N) is 1. The van der Waals surface area contributed by atoms with Crippen LogP contribution in [-0.4, -0.2) is 28.6 Å². The molecule has 1 heterocycles. The molecule has 1 unspecified atom stereocenters. The maximum atomic E-state index is 11.6. The van der Waals surface area contributed by atoms with Gasteiger partial charge in [-0.15, -0.1) is 0 Å². The van der Waals surface area contributed by atoms with Gasteiger partial charge in [-0.2, -0.15) is 0 Å². The SMILES string of the molecule is CC(NC(=O)NCCCCC(=O)O)c1cccnc1. The van der Waals surface area contributed by atoms with Crippen LogP contribution in [0.4, 0.5) is 4.79 Å². The number of aromatic nitrogens is 1. The van der Waals surface area contributed by atoms with E-state index in [1.807, 2.05) is 19.1 Å². The standard InChI is InChI=1S/C13H19N3O3/c1-10(11-5-4-7-14-9-11)16-13(19)15-8-3-2-6-12(17)18/h4-5,7,9-10H,2-3,6,8H2,1H3,(H,17,18)(H2,15,16,19). The Hall–Kier alpha value is -2.11. The van der Waals surface area contributed by atoms with Crippen molar-refractivity contribution in [2.24, 2.45) is 0 Å². The van der Waals surface area contributed by atoms with Crippen LogP contribution in [-0.2, 0) is 4.79 Å². The van der Waals surface area contributed by atoms with Gasteiger partial charge < -0.3 is 15.7 Å². The van der Waals surface area contributed by atoms with Crippen LogP contribution in [0.3, 0.4) is 0 Å².